The Labute approximate surface area is 222 Å². The van der Waals surface area contributed by atoms with E-state index in [0.29, 0.717) is 28.0 Å². The fraction of sp³-hybridized carbons (Fsp3) is 0.185. The first-order valence-corrected chi connectivity index (χ1v) is 12.8. The number of hydrogen-bond donors (Lipinski definition) is 1. The molecule has 0 fully saturated rings. The van der Waals surface area contributed by atoms with Crippen LogP contribution in [0.25, 0.3) is 0 Å². The lowest BCUT2D eigenvalue weighted by molar-refractivity contribution is -0.121. The largest absolute Gasteiger partial charge is 0.497 e. The SMILES string of the molecule is COc1ccc(NC(=O)C[C@@H]2SC(N3N=C(c4ccc(F)cc4)C[C@@H]3c3ccc(Cl)cc3)=NC2=O)cc1. The van der Waals surface area contributed by atoms with Gasteiger partial charge < -0.3 is 10.1 Å². The molecule has 2 amide bonds. The minimum atomic E-state index is -0.663. The van der Waals surface area contributed by atoms with Crippen LogP contribution in [0.3, 0.4) is 0 Å². The minimum absolute atomic E-state index is 0.0312. The molecule has 2 atom stereocenters. The summed E-state index contributed by atoms with van der Waals surface area (Å²) in [7, 11) is 1.57. The molecule has 0 unspecified atom stereocenters. The monoisotopic (exact) mass is 536 g/mol. The fourth-order valence-electron chi connectivity index (χ4n) is 4.11. The molecule has 1 N–H and O–H groups in total. The van der Waals surface area contributed by atoms with Crippen molar-refractivity contribution in [3.8, 4) is 5.75 Å². The van der Waals surface area contributed by atoms with Gasteiger partial charge in [-0.25, -0.2) is 9.40 Å². The predicted molar refractivity (Wildman–Crippen MR) is 144 cm³/mol. The van der Waals surface area contributed by atoms with Gasteiger partial charge >= 0.3 is 0 Å². The quantitative estimate of drug-likeness (QED) is 0.439. The molecule has 3 aromatic rings. The first kappa shape index (κ1) is 25.0. The Bertz CT molecular complexity index is 1380. The Morgan fingerprint density at radius 3 is 2.49 bits per heavy atom. The molecular weight excluding hydrogens is 515 g/mol. The highest BCUT2D eigenvalue weighted by Crippen LogP contribution is 2.39. The smallest absolute Gasteiger partial charge is 0.262 e. The summed E-state index contributed by atoms with van der Waals surface area (Å²) < 4.78 is 18.6. The molecule has 0 aliphatic carbocycles. The maximum Gasteiger partial charge on any atom is 0.262 e. The number of halogens is 2. The summed E-state index contributed by atoms with van der Waals surface area (Å²) in [6.45, 7) is 0. The highest BCUT2D eigenvalue weighted by atomic mass is 35.5. The number of amides is 2. The molecule has 0 saturated carbocycles. The van der Waals surface area contributed by atoms with Crippen LogP contribution in [-0.2, 0) is 9.59 Å². The van der Waals surface area contributed by atoms with Crippen LogP contribution >= 0.6 is 23.4 Å². The van der Waals surface area contributed by atoms with E-state index in [0.717, 1.165) is 16.8 Å². The van der Waals surface area contributed by atoms with Crippen molar-refractivity contribution >= 4 is 51.7 Å². The normalized spacial score (nSPS) is 19.0. The lowest BCUT2D eigenvalue weighted by atomic mass is 9.99. The summed E-state index contributed by atoms with van der Waals surface area (Å²) in [6.07, 6.45) is 0.500. The standard InChI is InChI=1S/C27H22ClFN4O3S/c1-36-21-12-10-20(11-13-21)30-25(34)15-24-26(35)31-27(37-24)33-23(17-2-6-18(28)7-3-17)14-22(32-33)16-4-8-19(29)9-5-16/h2-13,23-24H,14-15H2,1H3,(H,30,34)/t23-,24+/m1/s1. The number of methoxy groups -OCH3 is 1. The van der Waals surface area contributed by atoms with E-state index in [1.54, 1.807) is 60.6 Å². The zero-order chi connectivity index (χ0) is 25.9. The molecule has 2 heterocycles. The second-order valence-corrected chi connectivity index (χ2v) is 10.1. The highest BCUT2D eigenvalue weighted by Gasteiger charge is 2.39. The van der Waals surface area contributed by atoms with Gasteiger partial charge in [-0.3, -0.25) is 9.59 Å². The second-order valence-electron chi connectivity index (χ2n) is 8.49. The number of hydrogen-bond acceptors (Lipinski definition) is 6. The maximum absolute atomic E-state index is 13.5. The van der Waals surface area contributed by atoms with Crippen LogP contribution in [0.15, 0.2) is 82.9 Å². The Balaban J connectivity index is 1.33. The van der Waals surface area contributed by atoms with E-state index < -0.39 is 5.25 Å². The number of carbonyl (C=O) groups excluding carboxylic acids is 2. The number of nitrogens with zero attached hydrogens (tertiary/aromatic N) is 3. The van der Waals surface area contributed by atoms with Gasteiger partial charge in [-0.15, -0.1) is 0 Å². The zero-order valence-corrected chi connectivity index (χ0v) is 21.3. The molecule has 10 heteroatoms. The van der Waals surface area contributed by atoms with Crippen molar-refractivity contribution in [1.82, 2.24) is 5.01 Å². The number of anilines is 1. The lowest BCUT2D eigenvalue weighted by Crippen LogP contribution is -2.25. The molecular formula is C27H22ClFN4O3S. The van der Waals surface area contributed by atoms with Crippen molar-refractivity contribution in [2.45, 2.75) is 24.1 Å². The van der Waals surface area contributed by atoms with Crippen molar-refractivity contribution in [2.24, 2.45) is 10.1 Å². The lowest BCUT2D eigenvalue weighted by Gasteiger charge is -2.23. The first-order chi connectivity index (χ1) is 17.9. The van der Waals surface area contributed by atoms with E-state index in [2.05, 4.69) is 10.3 Å². The Morgan fingerprint density at radius 1 is 1.11 bits per heavy atom. The van der Waals surface area contributed by atoms with Gasteiger partial charge in [0.15, 0.2) is 5.17 Å². The molecule has 2 aliphatic heterocycles. The Kier molecular flexibility index (Phi) is 7.25. The molecule has 2 aliphatic rings. The molecule has 0 bridgehead atoms. The van der Waals surface area contributed by atoms with E-state index in [1.807, 2.05) is 12.1 Å². The molecule has 7 nitrogen and oxygen atoms in total. The molecule has 37 heavy (non-hydrogen) atoms. The van der Waals surface area contributed by atoms with Crippen molar-refractivity contribution in [2.75, 3.05) is 12.4 Å². The molecule has 0 saturated heterocycles. The van der Waals surface area contributed by atoms with E-state index in [4.69, 9.17) is 21.4 Å². The average Bonchev–Trinajstić information content (AvgIpc) is 3.49. The van der Waals surface area contributed by atoms with E-state index in [-0.39, 0.29) is 30.1 Å². The van der Waals surface area contributed by atoms with Crippen LogP contribution in [0.5, 0.6) is 5.75 Å². The van der Waals surface area contributed by atoms with Crippen molar-refractivity contribution < 1.29 is 18.7 Å². The van der Waals surface area contributed by atoms with E-state index >= 15 is 0 Å². The molecule has 188 valence electrons. The van der Waals surface area contributed by atoms with Crippen molar-refractivity contribution in [3.05, 3.63) is 94.8 Å². The number of amidine groups is 1. The van der Waals surface area contributed by atoms with Gasteiger partial charge in [0.2, 0.25) is 5.91 Å². The summed E-state index contributed by atoms with van der Waals surface area (Å²) in [6, 6.07) is 20.3. The summed E-state index contributed by atoms with van der Waals surface area (Å²) in [5.74, 6) is -0.326. The first-order valence-electron chi connectivity index (χ1n) is 11.5. The summed E-state index contributed by atoms with van der Waals surface area (Å²) >= 11 is 7.30. The van der Waals surface area contributed by atoms with Crippen LogP contribution in [0.2, 0.25) is 5.02 Å². The van der Waals surface area contributed by atoms with Gasteiger partial charge in [0.1, 0.15) is 16.8 Å². The summed E-state index contributed by atoms with van der Waals surface area (Å²) in [5, 5.41) is 9.65. The van der Waals surface area contributed by atoms with Gasteiger partial charge in [-0.2, -0.15) is 10.1 Å². The van der Waals surface area contributed by atoms with Gasteiger partial charge in [0.05, 0.1) is 18.9 Å². The summed E-state index contributed by atoms with van der Waals surface area (Å²) in [5.41, 5.74) is 3.09. The number of aliphatic imine (C=N–C) groups is 1. The predicted octanol–water partition coefficient (Wildman–Crippen LogP) is 5.67. The van der Waals surface area contributed by atoms with Crippen molar-refractivity contribution in [3.63, 3.8) is 0 Å². The molecule has 0 radical (unpaired) electrons. The van der Waals surface area contributed by atoms with Crippen LogP contribution in [0.1, 0.15) is 30.0 Å². The molecule has 0 spiro atoms. The maximum atomic E-state index is 13.5. The zero-order valence-electron chi connectivity index (χ0n) is 19.7. The number of thioether (sulfide) groups is 1. The molecule has 0 aromatic heterocycles. The number of ether oxygens (including phenoxy) is 1. The van der Waals surface area contributed by atoms with Crippen LogP contribution in [0.4, 0.5) is 10.1 Å². The fourth-order valence-corrected chi connectivity index (χ4v) is 5.29. The van der Waals surface area contributed by atoms with E-state index in [9.17, 15) is 14.0 Å². The topological polar surface area (TPSA) is 83.4 Å². The number of hydrazone groups is 1. The highest BCUT2D eigenvalue weighted by molar-refractivity contribution is 8.15. The number of rotatable bonds is 6. The second kappa shape index (κ2) is 10.7. The molecule has 5 rings (SSSR count). The number of nitrogens with one attached hydrogen (secondary N) is 1. The van der Waals surface area contributed by atoms with E-state index in [1.165, 1.54) is 23.9 Å². The van der Waals surface area contributed by atoms with Gasteiger partial charge in [0, 0.05) is 23.6 Å². The van der Waals surface area contributed by atoms with Gasteiger partial charge in [-0.05, 0) is 59.7 Å². The minimum Gasteiger partial charge on any atom is -0.497 e. The molecule has 3 aromatic carbocycles. The van der Waals surface area contributed by atoms with Gasteiger partial charge in [-0.1, -0.05) is 47.6 Å². The number of carbonyl (C=O) groups is 2. The third-order valence-electron chi connectivity index (χ3n) is 6.01. The Morgan fingerprint density at radius 2 is 1.81 bits per heavy atom. The Hall–Kier alpha value is -3.69. The summed E-state index contributed by atoms with van der Waals surface area (Å²) in [4.78, 5) is 29.6. The van der Waals surface area contributed by atoms with Crippen LogP contribution in [0, 0.1) is 5.82 Å². The number of benzene rings is 3. The third-order valence-corrected chi connectivity index (χ3v) is 7.41. The van der Waals surface area contributed by atoms with Crippen LogP contribution in [-0.4, -0.2) is 40.1 Å². The third kappa shape index (κ3) is 5.68. The van der Waals surface area contributed by atoms with Crippen molar-refractivity contribution in [1.29, 1.82) is 0 Å². The average molecular weight is 537 g/mol. The van der Waals surface area contributed by atoms with Crippen LogP contribution < -0.4 is 10.1 Å². The van der Waals surface area contributed by atoms with Gasteiger partial charge in [0.25, 0.3) is 5.91 Å².